The minimum absolute atomic E-state index is 0.00856. The molecule has 0 amide bonds. The van der Waals surface area contributed by atoms with E-state index in [4.69, 9.17) is 10.5 Å². The molecule has 1 atom stereocenters. The van der Waals surface area contributed by atoms with Crippen LogP contribution in [0, 0.1) is 23.2 Å². The standard InChI is InChI=1S/C17H29NO2/c1-16(2,3)20-15(19)7-14(18)17-8-11-4-12(9-17)6-13(5-11)10-17/h11-14H,4-10,18H2,1-3H3. The van der Waals surface area contributed by atoms with E-state index in [1.807, 2.05) is 20.8 Å². The second-order valence-corrected chi connectivity index (χ2v) is 8.68. The topological polar surface area (TPSA) is 52.3 Å². The molecule has 4 aliphatic carbocycles. The van der Waals surface area contributed by atoms with E-state index in [1.54, 1.807) is 0 Å². The fourth-order valence-electron chi connectivity index (χ4n) is 5.41. The predicted molar refractivity (Wildman–Crippen MR) is 79.0 cm³/mol. The lowest BCUT2D eigenvalue weighted by Crippen LogP contribution is -2.55. The van der Waals surface area contributed by atoms with Crippen LogP contribution >= 0.6 is 0 Å². The van der Waals surface area contributed by atoms with E-state index in [0.29, 0.717) is 6.42 Å². The number of nitrogens with two attached hydrogens (primary N) is 1. The third-order valence-corrected chi connectivity index (χ3v) is 5.68. The molecular formula is C17H29NO2. The van der Waals surface area contributed by atoms with Crippen LogP contribution in [0.2, 0.25) is 0 Å². The van der Waals surface area contributed by atoms with Crippen LogP contribution in [-0.4, -0.2) is 17.6 Å². The van der Waals surface area contributed by atoms with Gasteiger partial charge in [0, 0.05) is 6.04 Å². The van der Waals surface area contributed by atoms with Gasteiger partial charge in [0.1, 0.15) is 5.60 Å². The summed E-state index contributed by atoms with van der Waals surface area (Å²) in [5.74, 6) is 2.52. The van der Waals surface area contributed by atoms with Gasteiger partial charge in [0.2, 0.25) is 0 Å². The van der Waals surface area contributed by atoms with Crippen molar-refractivity contribution in [3.05, 3.63) is 0 Å². The Kier molecular flexibility index (Phi) is 3.39. The number of hydrogen-bond donors (Lipinski definition) is 1. The zero-order chi connectivity index (χ0) is 14.5. The molecule has 3 heteroatoms. The van der Waals surface area contributed by atoms with Crippen LogP contribution in [0.15, 0.2) is 0 Å². The van der Waals surface area contributed by atoms with E-state index in [2.05, 4.69) is 0 Å². The average molecular weight is 279 g/mol. The summed E-state index contributed by atoms with van der Waals surface area (Å²) in [6, 6.07) is -0.00856. The lowest BCUT2D eigenvalue weighted by molar-refractivity contribution is -0.157. The summed E-state index contributed by atoms with van der Waals surface area (Å²) in [6.07, 6.45) is 8.40. The monoisotopic (exact) mass is 279 g/mol. The molecule has 4 rings (SSSR count). The fraction of sp³-hybridized carbons (Fsp3) is 0.941. The van der Waals surface area contributed by atoms with E-state index in [1.165, 1.54) is 38.5 Å². The number of carbonyl (C=O) groups is 1. The highest BCUT2D eigenvalue weighted by Crippen LogP contribution is 2.61. The molecule has 0 aromatic carbocycles. The third-order valence-electron chi connectivity index (χ3n) is 5.68. The van der Waals surface area contributed by atoms with Crippen LogP contribution in [0.3, 0.4) is 0 Å². The SMILES string of the molecule is CC(C)(C)OC(=O)CC(N)C12CC3CC(CC(C3)C1)C2. The highest BCUT2D eigenvalue weighted by Gasteiger charge is 2.53. The van der Waals surface area contributed by atoms with Gasteiger partial charge >= 0.3 is 5.97 Å². The Morgan fingerprint density at radius 1 is 1.15 bits per heavy atom. The minimum atomic E-state index is -0.404. The zero-order valence-electron chi connectivity index (χ0n) is 13.2. The quantitative estimate of drug-likeness (QED) is 0.807. The molecule has 4 aliphatic rings. The lowest BCUT2D eigenvalue weighted by atomic mass is 9.47. The van der Waals surface area contributed by atoms with E-state index < -0.39 is 5.60 Å². The Morgan fingerprint density at radius 2 is 1.60 bits per heavy atom. The number of carbonyl (C=O) groups excluding carboxylic acids is 1. The molecule has 0 radical (unpaired) electrons. The van der Waals surface area contributed by atoms with Crippen molar-refractivity contribution in [2.45, 2.75) is 77.4 Å². The van der Waals surface area contributed by atoms with Gasteiger partial charge in [-0.05, 0) is 82.5 Å². The van der Waals surface area contributed by atoms with E-state index >= 15 is 0 Å². The maximum Gasteiger partial charge on any atom is 0.307 e. The molecule has 4 bridgehead atoms. The molecule has 0 heterocycles. The normalized spacial score (nSPS) is 40.7. The summed E-state index contributed by atoms with van der Waals surface area (Å²) in [4.78, 5) is 12.1. The molecule has 0 saturated heterocycles. The Labute approximate surface area is 122 Å². The van der Waals surface area contributed by atoms with Crippen LogP contribution in [0.5, 0.6) is 0 Å². The predicted octanol–water partition coefficient (Wildman–Crippen LogP) is 3.26. The summed E-state index contributed by atoms with van der Waals surface area (Å²) in [7, 11) is 0. The smallest absolute Gasteiger partial charge is 0.307 e. The first-order chi connectivity index (χ1) is 9.26. The summed E-state index contributed by atoms with van der Waals surface area (Å²) in [5, 5.41) is 0. The zero-order valence-corrected chi connectivity index (χ0v) is 13.2. The Morgan fingerprint density at radius 3 is 2.00 bits per heavy atom. The molecule has 0 aliphatic heterocycles. The third kappa shape index (κ3) is 2.74. The first-order valence-corrected chi connectivity index (χ1v) is 8.23. The van der Waals surface area contributed by atoms with Crippen LogP contribution in [0.25, 0.3) is 0 Å². The van der Waals surface area contributed by atoms with Gasteiger partial charge < -0.3 is 10.5 Å². The summed E-state index contributed by atoms with van der Waals surface area (Å²) in [5.41, 5.74) is 6.33. The van der Waals surface area contributed by atoms with Gasteiger partial charge in [-0.15, -0.1) is 0 Å². The van der Waals surface area contributed by atoms with Crippen molar-refractivity contribution in [1.82, 2.24) is 0 Å². The Hall–Kier alpha value is -0.570. The summed E-state index contributed by atoms with van der Waals surface area (Å²) in [6.45, 7) is 5.75. The first-order valence-electron chi connectivity index (χ1n) is 8.23. The van der Waals surface area contributed by atoms with Gasteiger partial charge in [-0.2, -0.15) is 0 Å². The Balaban J connectivity index is 1.65. The van der Waals surface area contributed by atoms with Crippen LogP contribution in [0.1, 0.15) is 65.7 Å². The molecule has 0 spiro atoms. The molecule has 0 aromatic rings. The van der Waals surface area contributed by atoms with Crippen molar-refractivity contribution in [2.24, 2.45) is 28.9 Å². The first kappa shape index (κ1) is 14.4. The highest BCUT2D eigenvalue weighted by molar-refractivity contribution is 5.70. The van der Waals surface area contributed by atoms with Gasteiger partial charge in [0.05, 0.1) is 6.42 Å². The molecule has 4 fully saturated rings. The van der Waals surface area contributed by atoms with Gasteiger partial charge in [-0.3, -0.25) is 4.79 Å². The van der Waals surface area contributed by atoms with Crippen molar-refractivity contribution < 1.29 is 9.53 Å². The number of esters is 1. The summed E-state index contributed by atoms with van der Waals surface area (Å²) < 4.78 is 5.45. The highest BCUT2D eigenvalue weighted by atomic mass is 16.6. The van der Waals surface area contributed by atoms with Gasteiger partial charge in [0.25, 0.3) is 0 Å². The number of rotatable bonds is 3. The molecule has 2 N–H and O–H groups in total. The fourth-order valence-corrected chi connectivity index (χ4v) is 5.41. The van der Waals surface area contributed by atoms with Gasteiger partial charge in [0.15, 0.2) is 0 Å². The van der Waals surface area contributed by atoms with Crippen molar-refractivity contribution in [3.8, 4) is 0 Å². The molecule has 114 valence electrons. The Bertz CT molecular complexity index is 361. The minimum Gasteiger partial charge on any atom is -0.460 e. The van der Waals surface area contributed by atoms with Crippen LogP contribution in [-0.2, 0) is 9.53 Å². The second-order valence-electron chi connectivity index (χ2n) is 8.68. The molecule has 0 aromatic heterocycles. The molecule has 20 heavy (non-hydrogen) atoms. The van der Waals surface area contributed by atoms with Crippen LogP contribution < -0.4 is 5.73 Å². The maximum atomic E-state index is 12.1. The number of ether oxygens (including phenoxy) is 1. The summed E-state index contributed by atoms with van der Waals surface area (Å²) >= 11 is 0. The van der Waals surface area contributed by atoms with Crippen molar-refractivity contribution in [3.63, 3.8) is 0 Å². The van der Waals surface area contributed by atoms with Crippen molar-refractivity contribution in [2.75, 3.05) is 0 Å². The van der Waals surface area contributed by atoms with Crippen molar-refractivity contribution in [1.29, 1.82) is 0 Å². The van der Waals surface area contributed by atoms with Gasteiger partial charge in [-0.1, -0.05) is 0 Å². The molecule has 3 nitrogen and oxygen atoms in total. The van der Waals surface area contributed by atoms with Crippen LogP contribution in [0.4, 0.5) is 0 Å². The largest absolute Gasteiger partial charge is 0.460 e. The van der Waals surface area contributed by atoms with Gasteiger partial charge in [-0.25, -0.2) is 0 Å². The number of hydrogen-bond acceptors (Lipinski definition) is 3. The second kappa shape index (κ2) is 4.72. The van der Waals surface area contributed by atoms with E-state index in [-0.39, 0.29) is 17.4 Å². The van der Waals surface area contributed by atoms with Crippen molar-refractivity contribution >= 4 is 5.97 Å². The molecule has 1 unspecified atom stereocenters. The molecule has 4 saturated carbocycles. The van der Waals surface area contributed by atoms with E-state index in [0.717, 1.165) is 17.8 Å². The van der Waals surface area contributed by atoms with E-state index in [9.17, 15) is 4.79 Å². The average Bonchev–Trinajstić information content (AvgIpc) is 2.23. The molecular weight excluding hydrogens is 250 g/mol. The lowest BCUT2D eigenvalue weighted by Gasteiger charge is -2.58. The maximum absolute atomic E-state index is 12.1.